The summed E-state index contributed by atoms with van der Waals surface area (Å²) >= 11 is 1.63. The minimum absolute atomic E-state index is 0.738. The van der Waals surface area contributed by atoms with Crippen molar-refractivity contribution >= 4 is 17.6 Å². The second-order valence-electron chi connectivity index (χ2n) is 5.45. The molecule has 20 heavy (non-hydrogen) atoms. The number of thioether (sulfide) groups is 1. The number of aromatic nitrogens is 2. The Kier molecular flexibility index (Phi) is 4.75. The second-order valence-corrected chi connectivity index (χ2v) is 6.28. The van der Waals surface area contributed by atoms with E-state index in [1.165, 1.54) is 13.0 Å². The lowest BCUT2D eigenvalue weighted by atomic mass is 10.1. The Hall–Kier alpha value is -0.850. The van der Waals surface area contributed by atoms with Gasteiger partial charge in [0.05, 0.1) is 6.61 Å². The monoisotopic (exact) mass is 294 g/mol. The molecule has 1 atom stereocenters. The molecule has 0 aromatic carbocycles. The molecule has 0 radical (unpaired) electrons. The van der Waals surface area contributed by atoms with Gasteiger partial charge in [-0.15, -0.1) is 22.0 Å². The number of hydrogen-bond acceptors (Lipinski definition) is 6. The standard InChI is InChI=1S/C14H22N4OS/c1-20-14-3-2-13(15-16-14)18-7-5-17(6-8-18)10-12-4-9-19-11-12/h2-3,12H,4-11H2,1H3. The molecule has 1 unspecified atom stereocenters. The van der Waals surface area contributed by atoms with E-state index in [1.54, 1.807) is 11.8 Å². The van der Waals surface area contributed by atoms with E-state index in [9.17, 15) is 0 Å². The van der Waals surface area contributed by atoms with E-state index < -0.39 is 0 Å². The highest BCUT2D eigenvalue weighted by Crippen LogP contribution is 2.18. The highest BCUT2D eigenvalue weighted by molar-refractivity contribution is 7.98. The number of anilines is 1. The maximum atomic E-state index is 5.45. The van der Waals surface area contributed by atoms with Crippen molar-refractivity contribution in [2.75, 3.05) is 57.1 Å². The zero-order chi connectivity index (χ0) is 13.8. The molecule has 110 valence electrons. The minimum Gasteiger partial charge on any atom is -0.381 e. The predicted octanol–water partition coefficient (Wildman–Crippen LogP) is 1.36. The van der Waals surface area contributed by atoms with E-state index in [4.69, 9.17) is 4.74 Å². The molecular formula is C14H22N4OS. The maximum absolute atomic E-state index is 5.45. The number of ether oxygens (including phenoxy) is 1. The van der Waals surface area contributed by atoms with Gasteiger partial charge in [-0.1, -0.05) is 0 Å². The van der Waals surface area contributed by atoms with Gasteiger partial charge in [0.2, 0.25) is 0 Å². The molecule has 3 rings (SSSR count). The van der Waals surface area contributed by atoms with Crippen LogP contribution in [0.4, 0.5) is 5.82 Å². The minimum atomic E-state index is 0.738. The first-order valence-electron chi connectivity index (χ1n) is 7.28. The number of rotatable bonds is 4. The molecule has 0 aliphatic carbocycles. The van der Waals surface area contributed by atoms with E-state index in [0.29, 0.717) is 0 Å². The van der Waals surface area contributed by atoms with Gasteiger partial charge in [-0.05, 0) is 30.7 Å². The van der Waals surface area contributed by atoms with Gasteiger partial charge in [0.25, 0.3) is 0 Å². The predicted molar refractivity (Wildman–Crippen MR) is 81.4 cm³/mol. The van der Waals surface area contributed by atoms with Crippen molar-refractivity contribution in [1.29, 1.82) is 0 Å². The van der Waals surface area contributed by atoms with Gasteiger partial charge in [0, 0.05) is 39.3 Å². The first kappa shape index (κ1) is 14.1. The van der Waals surface area contributed by atoms with E-state index >= 15 is 0 Å². The van der Waals surface area contributed by atoms with Crippen molar-refractivity contribution in [3.05, 3.63) is 12.1 Å². The summed E-state index contributed by atoms with van der Waals surface area (Å²) in [5.41, 5.74) is 0. The van der Waals surface area contributed by atoms with E-state index in [2.05, 4.69) is 32.1 Å². The Morgan fingerprint density at radius 1 is 1.25 bits per heavy atom. The smallest absolute Gasteiger partial charge is 0.151 e. The lowest BCUT2D eigenvalue weighted by molar-refractivity contribution is 0.164. The van der Waals surface area contributed by atoms with Crippen LogP contribution in [0, 0.1) is 5.92 Å². The van der Waals surface area contributed by atoms with Crippen LogP contribution in [-0.4, -0.2) is 67.3 Å². The highest BCUT2D eigenvalue weighted by Gasteiger charge is 2.23. The molecule has 5 nitrogen and oxygen atoms in total. The van der Waals surface area contributed by atoms with Crippen LogP contribution >= 0.6 is 11.8 Å². The zero-order valence-electron chi connectivity index (χ0n) is 12.0. The third-order valence-electron chi connectivity index (χ3n) is 4.07. The third kappa shape index (κ3) is 3.42. The Bertz CT molecular complexity index is 414. The van der Waals surface area contributed by atoms with Gasteiger partial charge in [-0.25, -0.2) is 0 Å². The lowest BCUT2D eigenvalue weighted by Crippen LogP contribution is -2.48. The largest absolute Gasteiger partial charge is 0.381 e. The van der Waals surface area contributed by atoms with Gasteiger partial charge in [-0.3, -0.25) is 4.90 Å². The van der Waals surface area contributed by atoms with E-state index in [-0.39, 0.29) is 0 Å². The molecule has 0 N–H and O–H groups in total. The summed E-state index contributed by atoms with van der Waals surface area (Å²) in [7, 11) is 0. The van der Waals surface area contributed by atoms with Crippen molar-refractivity contribution in [2.24, 2.45) is 5.92 Å². The van der Waals surface area contributed by atoms with Crippen LogP contribution in [0.3, 0.4) is 0 Å². The van der Waals surface area contributed by atoms with Gasteiger partial charge < -0.3 is 9.64 Å². The van der Waals surface area contributed by atoms with Crippen molar-refractivity contribution in [2.45, 2.75) is 11.4 Å². The molecule has 0 amide bonds. The van der Waals surface area contributed by atoms with Crippen LogP contribution in [0.25, 0.3) is 0 Å². The summed E-state index contributed by atoms with van der Waals surface area (Å²) in [4.78, 5) is 4.89. The molecule has 0 spiro atoms. The topological polar surface area (TPSA) is 41.5 Å². The molecule has 2 aliphatic heterocycles. The Morgan fingerprint density at radius 3 is 2.70 bits per heavy atom. The van der Waals surface area contributed by atoms with Crippen LogP contribution in [0.2, 0.25) is 0 Å². The summed E-state index contributed by atoms with van der Waals surface area (Å²) < 4.78 is 5.45. The van der Waals surface area contributed by atoms with Crippen LogP contribution < -0.4 is 4.90 Å². The summed E-state index contributed by atoms with van der Waals surface area (Å²) in [5, 5.41) is 9.51. The molecular weight excluding hydrogens is 272 g/mol. The average Bonchev–Trinajstić information content (AvgIpc) is 3.01. The zero-order valence-corrected chi connectivity index (χ0v) is 12.8. The van der Waals surface area contributed by atoms with Gasteiger partial charge >= 0.3 is 0 Å². The van der Waals surface area contributed by atoms with Crippen molar-refractivity contribution in [3.63, 3.8) is 0 Å². The van der Waals surface area contributed by atoms with E-state index in [0.717, 1.165) is 56.2 Å². The fourth-order valence-electron chi connectivity index (χ4n) is 2.84. The van der Waals surface area contributed by atoms with Gasteiger partial charge in [-0.2, -0.15) is 0 Å². The fraction of sp³-hybridized carbons (Fsp3) is 0.714. The number of hydrogen-bond donors (Lipinski definition) is 0. The molecule has 1 aromatic rings. The Labute approximate surface area is 124 Å². The Morgan fingerprint density at radius 2 is 2.10 bits per heavy atom. The summed E-state index contributed by atoms with van der Waals surface area (Å²) in [5.74, 6) is 1.74. The van der Waals surface area contributed by atoms with Crippen molar-refractivity contribution in [3.8, 4) is 0 Å². The second kappa shape index (κ2) is 6.74. The van der Waals surface area contributed by atoms with Gasteiger partial charge in [0.1, 0.15) is 5.03 Å². The summed E-state index contributed by atoms with van der Waals surface area (Å²) in [6.07, 6.45) is 3.25. The summed E-state index contributed by atoms with van der Waals surface area (Å²) in [6.45, 7) is 7.39. The third-order valence-corrected chi connectivity index (χ3v) is 4.71. The van der Waals surface area contributed by atoms with Crippen molar-refractivity contribution in [1.82, 2.24) is 15.1 Å². The van der Waals surface area contributed by atoms with Crippen LogP contribution in [0.15, 0.2) is 17.2 Å². The molecule has 0 bridgehead atoms. The number of nitrogens with zero attached hydrogens (tertiary/aromatic N) is 4. The normalized spacial score (nSPS) is 24.2. The van der Waals surface area contributed by atoms with Crippen LogP contribution in [-0.2, 0) is 4.74 Å². The van der Waals surface area contributed by atoms with Crippen molar-refractivity contribution < 1.29 is 4.74 Å². The van der Waals surface area contributed by atoms with Gasteiger partial charge in [0.15, 0.2) is 5.82 Å². The summed E-state index contributed by atoms with van der Waals surface area (Å²) in [6, 6.07) is 4.13. The van der Waals surface area contributed by atoms with Crippen LogP contribution in [0.5, 0.6) is 0 Å². The SMILES string of the molecule is CSc1ccc(N2CCN(CC3CCOC3)CC2)nn1. The first-order chi connectivity index (χ1) is 9.85. The lowest BCUT2D eigenvalue weighted by Gasteiger charge is -2.36. The highest BCUT2D eigenvalue weighted by atomic mass is 32.2. The quantitative estimate of drug-likeness (QED) is 0.781. The molecule has 6 heteroatoms. The first-order valence-corrected chi connectivity index (χ1v) is 8.50. The molecule has 3 heterocycles. The average molecular weight is 294 g/mol. The number of piperazine rings is 1. The molecule has 2 aliphatic rings. The van der Waals surface area contributed by atoms with E-state index in [1.807, 2.05) is 6.26 Å². The molecule has 2 fully saturated rings. The maximum Gasteiger partial charge on any atom is 0.151 e. The Balaban J connectivity index is 1.49. The van der Waals surface area contributed by atoms with Crippen LogP contribution in [0.1, 0.15) is 6.42 Å². The fourth-order valence-corrected chi connectivity index (χ4v) is 3.17. The molecule has 2 saturated heterocycles. The molecule has 1 aromatic heterocycles. The molecule has 0 saturated carbocycles.